The van der Waals surface area contributed by atoms with E-state index in [0.29, 0.717) is 5.56 Å². The number of phosphoric ester groups is 1. The van der Waals surface area contributed by atoms with Crippen molar-refractivity contribution < 1.29 is 65.9 Å². The summed E-state index contributed by atoms with van der Waals surface area (Å²) in [6.45, 7) is 12.1. The number of nitrogens with one attached hydrogen (secondary N) is 4. The Morgan fingerprint density at radius 1 is 0.903 bits per heavy atom. The van der Waals surface area contributed by atoms with Gasteiger partial charge in [-0.25, -0.2) is 18.9 Å². The summed E-state index contributed by atoms with van der Waals surface area (Å²) in [6.07, 6.45) is 0.774. The SMILES string of the molecule is C=CCOC(=O)Nc1ccn([C@H]2C[C@H](OC(C)=O)[C@@H](COP(=O)(OCC=C)OCC(NC(=O)[C@H](Cc3ccccc3)NC(=O)[C@H](C)N)C(=O)N[C@@H](C)C(=O)OCC=C)O2)c(=O)n1. The molecule has 8 atom stereocenters. The first-order valence-corrected chi connectivity index (χ1v) is 20.5. The van der Waals surface area contributed by atoms with Crippen LogP contribution in [-0.4, -0.2) is 115 Å². The van der Waals surface area contributed by atoms with Gasteiger partial charge >= 0.3 is 31.5 Å². The Morgan fingerprint density at radius 3 is 2.18 bits per heavy atom. The molecular formula is C39H52N7O15P. The molecule has 0 aliphatic carbocycles. The van der Waals surface area contributed by atoms with E-state index in [1.54, 1.807) is 30.3 Å². The first-order chi connectivity index (χ1) is 29.5. The monoisotopic (exact) mass is 889 g/mol. The quantitative estimate of drug-likeness (QED) is 0.0407. The molecule has 1 aromatic heterocycles. The molecule has 4 amide bonds. The number of anilines is 1. The van der Waals surface area contributed by atoms with Gasteiger partial charge in [0, 0.05) is 26.0 Å². The molecule has 62 heavy (non-hydrogen) atoms. The van der Waals surface area contributed by atoms with Crippen LogP contribution in [0.1, 0.15) is 39.0 Å². The van der Waals surface area contributed by atoms with Crippen LogP contribution in [0.25, 0.3) is 0 Å². The van der Waals surface area contributed by atoms with E-state index in [1.807, 2.05) is 0 Å². The van der Waals surface area contributed by atoms with Crippen molar-refractivity contribution >= 4 is 49.4 Å². The number of nitrogens with zero attached hydrogens (tertiary/aromatic N) is 2. The minimum atomic E-state index is -4.75. The summed E-state index contributed by atoms with van der Waals surface area (Å²) >= 11 is 0. The summed E-state index contributed by atoms with van der Waals surface area (Å²) in [4.78, 5) is 93.3. The smallest absolute Gasteiger partial charge is 0.460 e. The number of aromatic nitrogens is 2. The molecule has 6 N–H and O–H groups in total. The molecule has 1 saturated heterocycles. The van der Waals surface area contributed by atoms with Crippen molar-refractivity contribution in [3.63, 3.8) is 0 Å². The Hall–Kier alpha value is -6.03. The van der Waals surface area contributed by atoms with Crippen LogP contribution in [0.15, 0.2) is 85.4 Å². The molecule has 338 valence electrons. The van der Waals surface area contributed by atoms with Crippen LogP contribution in [0.5, 0.6) is 0 Å². The molecule has 2 heterocycles. The van der Waals surface area contributed by atoms with Gasteiger partial charge in [-0.15, -0.1) is 6.58 Å². The number of hydrogen-bond acceptors (Lipinski definition) is 17. The molecule has 1 aliphatic heterocycles. The number of nitrogens with two attached hydrogens (primary N) is 1. The number of carbonyl (C=O) groups is 6. The summed E-state index contributed by atoms with van der Waals surface area (Å²) in [5.74, 6) is -4.24. The van der Waals surface area contributed by atoms with Crippen LogP contribution in [-0.2, 0) is 67.5 Å². The largest absolute Gasteiger partial charge is 0.475 e. The predicted octanol–water partition coefficient (Wildman–Crippen LogP) is 1.33. The summed E-state index contributed by atoms with van der Waals surface area (Å²) in [7, 11) is -4.75. The van der Waals surface area contributed by atoms with Crippen molar-refractivity contribution in [2.45, 2.75) is 76.2 Å². The van der Waals surface area contributed by atoms with E-state index in [1.165, 1.54) is 44.3 Å². The Balaban J connectivity index is 1.86. The van der Waals surface area contributed by atoms with Crippen molar-refractivity contribution in [3.8, 4) is 0 Å². The van der Waals surface area contributed by atoms with E-state index in [2.05, 4.69) is 46.0 Å². The highest BCUT2D eigenvalue weighted by molar-refractivity contribution is 7.48. The highest BCUT2D eigenvalue weighted by Crippen LogP contribution is 2.50. The van der Waals surface area contributed by atoms with Gasteiger partial charge < -0.3 is 40.6 Å². The van der Waals surface area contributed by atoms with E-state index in [4.69, 9.17) is 38.3 Å². The zero-order valence-corrected chi connectivity index (χ0v) is 35.3. The number of hydrogen-bond donors (Lipinski definition) is 5. The minimum absolute atomic E-state index is 0.0332. The van der Waals surface area contributed by atoms with Gasteiger partial charge in [-0.2, -0.15) is 4.98 Å². The Bertz CT molecular complexity index is 2010. The van der Waals surface area contributed by atoms with Crippen molar-refractivity contribution in [1.82, 2.24) is 25.5 Å². The molecule has 2 aromatic rings. The second kappa shape index (κ2) is 25.0. The number of ether oxygens (including phenoxy) is 4. The topological polar surface area (TPSA) is 293 Å². The molecule has 22 nitrogen and oxygen atoms in total. The number of rotatable bonds is 25. The molecule has 2 unspecified atom stereocenters. The Labute approximate surface area is 357 Å². The van der Waals surface area contributed by atoms with Crippen LogP contribution in [0, 0.1) is 0 Å². The fraction of sp³-hybridized carbons (Fsp3) is 0.436. The second-order valence-electron chi connectivity index (χ2n) is 13.4. The van der Waals surface area contributed by atoms with E-state index < -0.39 is 112 Å². The van der Waals surface area contributed by atoms with E-state index >= 15 is 0 Å². The highest BCUT2D eigenvalue weighted by atomic mass is 31.2. The van der Waals surface area contributed by atoms with Gasteiger partial charge in [0.25, 0.3) is 0 Å². The van der Waals surface area contributed by atoms with Gasteiger partial charge in [-0.05, 0) is 25.5 Å². The third-order valence-electron chi connectivity index (χ3n) is 8.37. The second-order valence-corrected chi connectivity index (χ2v) is 15.1. The lowest BCUT2D eigenvalue weighted by atomic mass is 10.0. The van der Waals surface area contributed by atoms with E-state index in [0.717, 1.165) is 11.5 Å². The average molecular weight is 890 g/mol. The van der Waals surface area contributed by atoms with Gasteiger partial charge in [0.1, 0.15) is 55.6 Å². The number of phosphoric acid groups is 1. The zero-order valence-electron chi connectivity index (χ0n) is 34.4. The van der Waals surface area contributed by atoms with Gasteiger partial charge in [0.2, 0.25) is 17.7 Å². The number of amides is 4. The standard InChI is InChI=1S/C39H52N7O15P/c1-7-17-55-37(51)25(5)41-36(50)29(43-35(49)28(42-34(48)24(4)40)20-27-13-11-10-12-14-27)22-58-62(54,57-19-9-3)59-23-31-30(60-26(6)47)21-33(61-31)46-16-15-32(44-38(46)52)45-39(53)56-18-8-2/h7-16,24-25,28-31,33H,1-3,17-23,40H2,4-6H3,(H,41,50)(H,42,48)(H,43,49)(H,44,45,52,53)/t24-,25-,28-,29?,30-,31+,33+,62?/m0/s1. The van der Waals surface area contributed by atoms with E-state index in [-0.39, 0.29) is 31.9 Å². The van der Waals surface area contributed by atoms with Gasteiger partial charge in [0.15, 0.2) is 0 Å². The molecule has 1 aliphatic rings. The summed E-state index contributed by atoms with van der Waals surface area (Å²) in [5, 5.41) is 9.71. The predicted molar refractivity (Wildman–Crippen MR) is 220 cm³/mol. The number of carbonyl (C=O) groups excluding carboxylic acids is 6. The average Bonchev–Trinajstić information content (AvgIpc) is 3.63. The molecule has 1 fully saturated rings. The Morgan fingerprint density at radius 2 is 1.55 bits per heavy atom. The first kappa shape index (κ1) is 50.3. The Kier molecular flexibility index (Phi) is 20.3. The lowest BCUT2D eigenvalue weighted by molar-refractivity contribution is -0.150. The molecular weight excluding hydrogens is 837 g/mol. The first-order valence-electron chi connectivity index (χ1n) is 19.1. The molecule has 0 spiro atoms. The summed E-state index contributed by atoms with van der Waals surface area (Å²) < 4.78 is 53.0. The van der Waals surface area contributed by atoms with Gasteiger partial charge in [-0.3, -0.25) is 42.6 Å². The third-order valence-corrected chi connectivity index (χ3v) is 9.76. The molecule has 3 rings (SSSR count). The summed E-state index contributed by atoms with van der Waals surface area (Å²) in [5.41, 5.74) is 5.53. The molecule has 1 aromatic carbocycles. The van der Waals surface area contributed by atoms with Crippen molar-refractivity contribution in [2.75, 3.05) is 38.4 Å². The molecule has 0 bridgehead atoms. The minimum Gasteiger partial charge on any atom is -0.460 e. The maximum atomic E-state index is 14.1. The zero-order chi connectivity index (χ0) is 45.8. The fourth-order valence-electron chi connectivity index (χ4n) is 5.38. The number of esters is 2. The van der Waals surface area contributed by atoms with Gasteiger partial charge in [0.05, 0.1) is 25.9 Å². The van der Waals surface area contributed by atoms with Crippen LogP contribution >= 0.6 is 7.82 Å². The van der Waals surface area contributed by atoms with E-state index in [9.17, 15) is 38.1 Å². The van der Waals surface area contributed by atoms with Crippen LogP contribution in [0.3, 0.4) is 0 Å². The molecule has 0 radical (unpaired) electrons. The maximum Gasteiger partial charge on any atom is 0.475 e. The molecule has 23 heteroatoms. The fourth-order valence-corrected chi connectivity index (χ4v) is 6.55. The lowest BCUT2D eigenvalue weighted by Gasteiger charge is -2.26. The highest BCUT2D eigenvalue weighted by Gasteiger charge is 2.42. The normalized spacial score (nSPS) is 18.5. The summed E-state index contributed by atoms with van der Waals surface area (Å²) in [6, 6.07) is 4.67. The van der Waals surface area contributed by atoms with Crippen LogP contribution in [0.4, 0.5) is 10.6 Å². The van der Waals surface area contributed by atoms with Crippen molar-refractivity contribution in [3.05, 3.63) is 96.6 Å². The van der Waals surface area contributed by atoms with Crippen molar-refractivity contribution in [2.24, 2.45) is 5.73 Å². The third kappa shape index (κ3) is 16.4. The maximum absolute atomic E-state index is 14.1. The lowest BCUT2D eigenvalue weighted by Crippen LogP contribution is -2.58. The molecule has 0 saturated carbocycles. The van der Waals surface area contributed by atoms with Gasteiger partial charge in [-0.1, -0.05) is 61.7 Å². The van der Waals surface area contributed by atoms with Crippen LogP contribution < -0.4 is 32.7 Å². The number of benzene rings is 1. The van der Waals surface area contributed by atoms with Crippen molar-refractivity contribution in [1.29, 1.82) is 0 Å². The van der Waals surface area contributed by atoms with Crippen LogP contribution in [0.2, 0.25) is 0 Å².